The monoisotopic (exact) mass is 371 g/mol. The first-order chi connectivity index (χ1) is 13.0. The largest absolute Gasteiger partial charge is 0.461 e. The molecule has 0 saturated carbocycles. The van der Waals surface area contributed by atoms with Crippen molar-refractivity contribution in [3.05, 3.63) is 23.0 Å². The lowest BCUT2D eigenvalue weighted by Crippen LogP contribution is -2.36. The lowest BCUT2D eigenvalue weighted by molar-refractivity contribution is -0.146. The first kappa shape index (κ1) is 17.3. The second-order valence-corrected chi connectivity index (χ2v) is 9.01. The van der Waals surface area contributed by atoms with E-state index in [1.807, 2.05) is 13.8 Å². The van der Waals surface area contributed by atoms with Crippen molar-refractivity contribution in [2.24, 2.45) is 17.8 Å². The molecule has 0 radical (unpaired) electrons. The molecule has 0 N–H and O–H groups in total. The van der Waals surface area contributed by atoms with E-state index in [9.17, 15) is 9.59 Å². The Morgan fingerprint density at radius 3 is 2.67 bits per heavy atom. The number of nitrogens with zero attached hydrogens (tertiary/aromatic N) is 1. The van der Waals surface area contributed by atoms with E-state index in [0.717, 1.165) is 37.9 Å². The van der Waals surface area contributed by atoms with Crippen LogP contribution in [0.5, 0.6) is 0 Å². The average molecular weight is 371 g/mol. The van der Waals surface area contributed by atoms with Crippen LogP contribution in [-0.4, -0.2) is 22.6 Å². The Morgan fingerprint density at radius 1 is 1.15 bits per heavy atom. The third kappa shape index (κ3) is 2.36. The van der Waals surface area contributed by atoms with Crippen molar-refractivity contribution in [1.82, 2.24) is 4.57 Å². The van der Waals surface area contributed by atoms with Crippen molar-refractivity contribution < 1.29 is 19.1 Å². The molecule has 2 saturated heterocycles. The molecule has 0 spiro atoms. The van der Waals surface area contributed by atoms with Crippen molar-refractivity contribution in [2.45, 2.75) is 83.5 Å². The number of aromatic nitrogens is 1. The maximum absolute atomic E-state index is 12.4. The normalized spacial score (nSPS) is 40.2. The van der Waals surface area contributed by atoms with Gasteiger partial charge in [-0.25, -0.2) is 0 Å². The summed E-state index contributed by atoms with van der Waals surface area (Å²) in [4.78, 5) is 24.5. The summed E-state index contributed by atoms with van der Waals surface area (Å²) >= 11 is 0. The van der Waals surface area contributed by atoms with Crippen LogP contribution in [-0.2, 0) is 25.6 Å². The Hall–Kier alpha value is -1.78. The molecule has 5 heteroatoms. The van der Waals surface area contributed by atoms with Gasteiger partial charge in [0.05, 0.1) is 17.5 Å². The molecule has 5 rings (SSSR count). The zero-order valence-electron chi connectivity index (χ0n) is 16.4. The number of carbonyl (C=O) groups excluding carboxylic acids is 2. The van der Waals surface area contributed by atoms with E-state index in [0.29, 0.717) is 11.8 Å². The van der Waals surface area contributed by atoms with Crippen LogP contribution in [0.2, 0.25) is 0 Å². The molecule has 146 valence electrons. The number of ether oxygens (including phenoxy) is 2. The quantitative estimate of drug-likeness (QED) is 0.736. The van der Waals surface area contributed by atoms with E-state index in [-0.39, 0.29) is 41.9 Å². The van der Waals surface area contributed by atoms with Gasteiger partial charge in [0.2, 0.25) is 0 Å². The van der Waals surface area contributed by atoms with Crippen LogP contribution in [0.4, 0.5) is 0 Å². The number of cyclic esters (lactones) is 1. The second kappa shape index (κ2) is 6.11. The number of hydrogen-bond donors (Lipinski definition) is 0. The molecule has 3 aliphatic heterocycles. The van der Waals surface area contributed by atoms with Gasteiger partial charge in [-0.3, -0.25) is 9.59 Å². The number of carbonyl (C=O) groups is 2. The number of fused-ring (bicyclic) bond motifs is 2. The van der Waals surface area contributed by atoms with Crippen molar-refractivity contribution >= 4 is 11.9 Å². The van der Waals surface area contributed by atoms with E-state index >= 15 is 0 Å². The molecule has 0 bridgehead atoms. The van der Waals surface area contributed by atoms with E-state index in [1.165, 1.54) is 17.7 Å². The van der Waals surface area contributed by atoms with Gasteiger partial charge in [-0.15, -0.1) is 0 Å². The summed E-state index contributed by atoms with van der Waals surface area (Å²) in [5, 5.41) is 0. The maximum Gasteiger partial charge on any atom is 0.309 e. The summed E-state index contributed by atoms with van der Waals surface area (Å²) in [6, 6.07) is 2.26. The van der Waals surface area contributed by atoms with Crippen molar-refractivity contribution in [1.29, 1.82) is 0 Å². The topological polar surface area (TPSA) is 57.5 Å². The van der Waals surface area contributed by atoms with Gasteiger partial charge < -0.3 is 14.0 Å². The summed E-state index contributed by atoms with van der Waals surface area (Å²) in [5.41, 5.74) is 3.85. The van der Waals surface area contributed by atoms with Gasteiger partial charge in [-0.05, 0) is 30.9 Å². The molecule has 4 heterocycles. The van der Waals surface area contributed by atoms with Crippen LogP contribution < -0.4 is 0 Å². The number of esters is 2. The van der Waals surface area contributed by atoms with Crippen LogP contribution >= 0.6 is 0 Å². The average Bonchev–Trinajstić information content (AvgIpc) is 3.20. The first-order valence-corrected chi connectivity index (χ1v) is 10.7. The highest BCUT2D eigenvalue weighted by atomic mass is 16.6. The zero-order valence-corrected chi connectivity index (χ0v) is 16.4. The van der Waals surface area contributed by atoms with Gasteiger partial charge in [0.1, 0.15) is 12.2 Å². The molecule has 4 aliphatic rings. The van der Waals surface area contributed by atoms with E-state index in [1.54, 1.807) is 0 Å². The maximum atomic E-state index is 12.4. The molecule has 1 aromatic heterocycles. The molecule has 1 aliphatic carbocycles. The summed E-state index contributed by atoms with van der Waals surface area (Å²) in [6.45, 7) is 7.17. The summed E-state index contributed by atoms with van der Waals surface area (Å²) in [5.74, 6) is 0.690. The third-order valence-electron chi connectivity index (χ3n) is 7.54. The molecule has 7 atom stereocenters. The minimum atomic E-state index is -0.149. The van der Waals surface area contributed by atoms with Gasteiger partial charge in [-0.2, -0.15) is 0 Å². The summed E-state index contributed by atoms with van der Waals surface area (Å²) < 4.78 is 14.1. The highest BCUT2D eigenvalue weighted by Gasteiger charge is 2.54. The molecule has 27 heavy (non-hydrogen) atoms. The SMILES string of the molecule is CC[C@H]1[C@@H]2OC(=O)[C@H](C)[C@@H]2c2cc(C3C[C@H](C)C(=O)O3)n3c2[C@@H]1CCCC3. The van der Waals surface area contributed by atoms with Gasteiger partial charge >= 0.3 is 11.9 Å². The van der Waals surface area contributed by atoms with Gasteiger partial charge in [0.15, 0.2) is 0 Å². The van der Waals surface area contributed by atoms with Crippen molar-refractivity contribution in [3.63, 3.8) is 0 Å². The Bertz CT molecular complexity index is 796. The molecule has 5 nitrogen and oxygen atoms in total. The lowest BCUT2D eigenvalue weighted by atomic mass is 9.66. The van der Waals surface area contributed by atoms with Crippen LogP contribution in [0.25, 0.3) is 0 Å². The molecule has 1 aromatic rings. The Balaban J connectivity index is 1.67. The van der Waals surface area contributed by atoms with Gasteiger partial charge in [0, 0.05) is 36.4 Å². The fraction of sp³-hybridized carbons (Fsp3) is 0.727. The van der Waals surface area contributed by atoms with E-state index in [2.05, 4.69) is 17.6 Å². The highest BCUT2D eigenvalue weighted by molar-refractivity contribution is 5.77. The summed E-state index contributed by atoms with van der Waals surface area (Å²) in [7, 11) is 0. The lowest BCUT2D eigenvalue weighted by Gasteiger charge is -2.39. The summed E-state index contributed by atoms with van der Waals surface area (Å²) in [6.07, 6.45) is 5.14. The Labute approximate surface area is 160 Å². The van der Waals surface area contributed by atoms with E-state index < -0.39 is 0 Å². The fourth-order valence-corrected chi connectivity index (χ4v) is 6.19. The fourth-order valence-electron chi connectivity index (χ4n) is 6.19. The number of hydrogen-bond acceptors (Lipinski definition) is 4. The van der Waals surface area contributed by atoms with Crippen molar-refractivity contribution in [3.8, 4) is 0 Å². The first-order valence-electron chi connectivity index (χ1n) is 10.7. The van der Waals surface area contributed by atoms with Crippen molar-refractivity contribution in [2.75, 3.05) is 0 Å². The van der Waals surface area contributed by atoms with Crippen LogP contribution in [0.1, 0.15) is 87.8 Å². The molecular weight excluding hydrogens is 342 g/mol. The molecule has 0 amide bonds. The number of rotatable bonds is 2. The highest BCUT2D eigenvalue weighted by Crippen LogP contribution is 2.55. The predicted octanol–water partition coefficient (Wildman–Crippen LogP) is 4.06. The molecule has 2 fully saturated rings. The van der Waals surface area contributed by atoms with E-state index in [4.69, 9.17) is 9.47 Å². The predicted molar refractivity (Wildman–Crippen MR) is 99.2 cm³/mol. The van der Waals surface area contributed by atoms with Gasteiger partial charge in [-0.1, -0.05) is 27.2 Å². The van der Waals surface area contributed by atoms with Crippen LogP contribution in [0, 0.1) is 17.8 Å². The second-order valence-electron chi connectivity index (χ2n) is 9.01. The standard InChI is InChI=1S/C22H29NO4/c1-4-13-14-7-5-6-8-23-16(17-9-11(2)21(24)26-17)10-15(19(14)23)18-12(3)22(25)27-20(13)18/h10-14,17-18,20H,4-9H2,1-3H3/t11-,12+,13+,14+,17?,18+,20-/m0/s1. The molecule has 1 unspecified atom stereocenters. The third-order valence-corrected chi connectivity index (χ3v) is 7.54. The molecular formula is C22H29NO4. The van der Waals surface area contributed by atoms with Crippen LogP contribution in [0.3, 0.4) is 0 Å². The smallest absolute Gasteiger partial charge is 0.309 e. The zero-order chi connectivity index (χ0) is 18.9. The van der Waals surface area contributed by atoms with Crippen LogP contribution in [0.15, 0.2) is 6.07 Å². The minimum Gasteiger partial charge on any atom is -0.461 e. The Kier molecular flexibility index (Phi) is 3.92. The Morgan fingerprint density at radius 2 is 1.96 bits per heavy atom. The van der Waals surface area contributed by atoms with Gasteiger partial charge in [0.25, 0.3) is 0 Å². The molecule has 0 aromatic carbocycles. The minimum absolute atomic E-state index is 0.00171.